The third kappa shape index (κ3) is 3.28. The maximum Gasteiger partial charge on any atom is 0.146 e. The Kier molecular flexibility index (Phi) is 4.70. The van der Waals surface area contributed by atoms with E-state index in [2.05, 4.69) is 5.32 Å². The SMILES string of the molecule is COc1ccc(F)c(NC(CN)c2c(F)cccc2F)c1. The lowest BCUT2D eigenvalue weighted by Gasteiger charge is -2.20. The molecule has 0 aromatic heterocycles. The summed E-state index contributed by atoms with van der Waals surface area (Å²) in [5, 5.41) is 2.71. The minimum Gasteiger partial charge on any atom is -0.497 e. The minimum atomic E-state index is -0.896. The van der Waals surface area contributed by atoms with Crippen LogP contribution in [0.5, 0.6) is 5.75 Å². The molecular weight excluding hydrogens is 281 g/mol. The van der Waals surface area contributed by atoms with Crippen molar-refractivity contribution in [3.63, 3.8) is 0 Å². The van der Waals surface area contributed by atoms with E-state index in [0.717, 1.165) is 12.1 Å². The molecule has 0 radical (unpaired) electrons. The van der Waals surface area contributed by atoms with E-state index in [0.29, 0.717) is 5.75 Å². The third-order valence-corrected chi connectivity index (χ3v) is 3.09. The number of nitrogens with one attached hydrogen (secondary N) is 1. The van der Waals surface area contributed by atoms with Gasteiger partial charge in [-0.1, -0.05) is 6.07 Å². The van der Waals surface area contributed by atoms with Crippen LogP contribution in [0, 0.1) is 17.5 Å². The van der Waals surface area contributed by atoms with E-state index >= 15 is 0 Å². The normalized spacial score (nSPS) is 12.0. The summed E-state index contributed by atoms with van der Waals surface area (Å²) in [4.78, 5) is 0. The molecule has 0 bridgehead atoms. The highest BCUT2D eigenvalue weighted by Gasteiger charge is 2.20. The third-order valence-electron chi connectivity index (χ3n) is 3.09. The number of rotatable bonds is 5. The summed E-state index contributed by atoms with van der Waals surface area (Å²) in [6, 6.07) is 6.67. The standard InChI is InChI=1S/C15H15F3N2O/c1-21-9-5-6-10(16)13(7-9)20-14(8-19)15-11(17)3-2-4-12(15)18/h2-7,14,20H,8,19H2,1H3. The number of methoxy groups -OCH3 is 1. The Labute approximate surface area is 120 Å². The second kappa shape index (κ2) is 6.49. The average Bonchev–Trinajstić information content (AvgIpc) is 2.47. The number of hydrogen-bond donors (Lipinski definition) is 2. The van der Waals surface area contributed by atoms with Crippen LogP contribution in [0.25, 0.3) is 0 Å². The largest absolute Gasteiger partial charge is 0.497 e. The first-order chi connectivity index (χ1) is 10.1. The van der Waals surface area contributed by atoms with Gasteiger partial charge in [0.15, 0.2) is 0 Å². The molecule has 0 aliphatic heterocycles. The topological polar surface area (TPSA) is 47.3 Å². The highest BCUT2D eigenvalue weighted by atomic mass is 19.1. The first-order valence-corrected chi connectivity index (χ1v) is 6.31. The molecule has 0 fully saturated rings. The lowest BCUT2D eigenvalue weighted by Crippen LogP contribution is -2.23. The molecule has 1 unspecified atom stereocenters. The fraction of sp³-hybridized carbons (Fsp3) is 0.200. The second-order valence-corrected chi connectivity index (χ2v) is 4.41. The summed E-state index contributed by atoms with van der Waals surface area (Å²) >= 11 is 0. The fourth-order valence-corrected chi connectivity index (χ4v) is 2.02. The van der Waals surface area contributed by atoms with Gasteiger partial charge >= 0.3 is 0 Å². The Balaban J connectivity index is 2.36. The summed E-state index contributed by atoms with van der Waals surface area (Å²) in [7, 11) is 1.44. The number of ether oxygens (including phenoxy) is 1. The van der Waals surface area contributed by atoms with Crippen molar-refractivity contribution in [3.05, 3.63) is 59.4 Å². The van der Waals surface area contributed by atoms with Crippen molar-refractivity contribution >= 4 is 5.69 Å². The summed E-state index contributed by atoms with van der Waals surface area (Å²) < 4.78 is 46.3. The molecule has 0 saturated carbocycles. The molecule has 0 aliphatic carbocycles. The highest BCUT2D eigenvalue weighted by Crippen LogP contribution is 2.27. The van der Waals surface area contributed by atoms with Gasteiger partial charge in [0.1, 0.15) is 23.2 Å². The zero-order chi connectivity index (χ0) is 15.4. The maximum absolute atomic E-state index is 13.8. The average molecular weight is 296 g/mol. The van der Waals surface area contributed by atoms with E-state index in [1.165, 1.54) is 31.4 Å². The van der Waals surface area contributed by atoms with Crippen molar-refractivity contribution in [2.45, 2.75) is 6.04 Å². The molecule has 2 aromatic rings. The fourth-order valence-electron chi connectivity index (χ4n) is 2.02. The molecule has 112 valence electrons. The second-order valence-electron chi connectivity index (χ2n) is 4.41. The highest BCUT2D eigenvalue weighted by molar-refractivity contribution is 5.51. The van der Waals surface area contributed by atoms with Crippen molar-refractivity contribution < 1.29 is 17.9 Å². The van der Waals surface area contributed by atoms with Gasteiger partial charge in [-0.25, -0.2) is 13.2 Å². The van der Waals surface area contributed by atoms with Gasteiger partial charge in [0.05, 0.1) is 18.8 Å². The van der Waals surface area contributed by atoms with Crippen molar-refractivity contribution in [1.82, 2.24) is 0 Å². The molecule has 0 heterocycles. The molecule has 6 heteroatoms. The molecule has 2 rings (SSSR count). The Morgan fingerprint density at radius 2 is 1.76 bits per heavy atom. The van der Waals surface area contributed by atoms with Gasteiger partial charge in [-0.3, -0.25) is 0 Å². The number of anilines is 1. The van der Waals surface area contributed by atoms with Gasteiger partial charge < -0.3 is 15.8 Å². The Bertz CT molecular complexity index is 614. The monoisotopic (exact) mass is 296 g/mol. The Hall–Kier alpha value is -2.21. The van der Waals surface area contributed by atoms with Gasteiger partial charge in [-0.05, 0) is 24.3 Å². The van der Waals surface area contributed by atoms with Gasteiger partial charge in [0, 0.05) is 18.2 Å². The molecule has 0 aliphatic rings. The molecule has 21 heavy (non-hydrogen) atoms. The van der Waals surface area contributed by atoms with Gasteiger partial charge in [-0.2, -0.15) is 0 Å². The molecule has 3 N–H and O–H groups in total. The predicted octanol–water partition coefficient (Wildman–Crippen LogP) is 3.22. The zero-order valence-corrected chi connectivity index (χ0v) is 11.4. The van der Waals surface area contributed by atoms with Crippen LogP contribution in [0.4, 0.5) is 18.9 Å². The zero-order valence-electron chi connectivity index (χ0n) is 11.4. The number of halogens is 3. The molecule has 1 atom stereocenters. The van der Waals surface area contributed by atoms with Crippen LogP contribution >= 0.6 is 0 Å². The number of hydrogen-bond acceptors (Lipinski definition) is 3. The van der Waals surface area contributed by atoms with E-state index in [-0.39, 0.29) is 17.8 Å². The van der Waals surface area contributed by atoms with Crippen LogP contribution in [0.15, 0.2) is 36.4 Å². The quantitative estimate of drug-likeness (QED) is 0.890. The summed E-state index contributed by atoms with van der Waals surface area (Å²) in [5.41, 5.74) is 5.40. The Morgan fingerprint density at radius 3 is 2.33 bits per heavy atom. The van der Waals surface area contributed by atoms with Crippen molar-refractivity contribution in [1.29, 1.82) is 0 Å². The van der Waals surface area contributed by atoms with Crippen molar-refractivity contribution in [2.75, 3.05) is 19.0 Å². The molecule has 0 saturated heterocycles. The Morgan fingerprint density at radius 1 is 1.10 bits per heavy atom. The number of benzene rings is 2. The molecule has 0 amide bonds. The lowest BCUT2D eigenvalue weighted by molar-refractivity contribution is 0.414. The maximum atomic E-state index is 13.8. The summed E-state index contributed by atoms with van der Waals surface area (Å²) in [6.45, 7) is -0.103. The van der Waals surface area contributed by atoms with Crippen molar-refractivity contribution in [3.8, 4) is 5.75 Å². The molecule has 0 spiro atoms. The van der Waals surface area contributed by atoms with E-state index in [1.807, 2.05) is 0 Å². The first-order valence-electron chi connectivity index (χ1n) is 6.31. The summed E-state index contributed by atoms with van der Waals surface area (Å²) in [5.74, 6) is -1.61. The van der Waals surface area contributed by atoms with Gasteiger partial charge in [0.25, 0.3) is 0 Å². The van der Waals surface area contributed by atoms with Crippen LogP contribution in [-0.2, 0) is 0 Å². The smallest absolute Gasteiger partial charge is 0.146 e. The molecular formula is C15H15F3N2O. The van der Waals surface area contributed by atoms with Crippen LogP contribution in [-0.4, -0.2) is 13.7 Å². The molecule has 3 nitrogen and oxygen atoms in total. The van der Waals surface area contributed by atoms with Crippen LogP contribution in [0.3, 0.4) is 0 Å². The van der Waals surface area contributed by atoms with Crippen LogP contribution < -0.4 is 15.8 Å². The predicted molar refractivity (Wildman–Crippen MR) is 74.7 cm³/mol. The van der Waals surface area contributed by atoms with E-state index in [9.17, 15) is 13.2 Å². The van der Waals surface area contributed by atoms with E-state index < -0.39 is 23.5 Å². The van der Waals surface area contributed by atoms with Gasteiger partial charge in [-0.15, -0.1) is 0 Å². The van der Waals surface area contributed by atoms with Gasteiger partial charge in [0.2, 0.25) is 0 Å². The van der Waals surface area contributed by atoms with Crippen LogP contribution in [0.1, 0.15) is 11.6 Å². The van der Waals surface area contributed by atoms with E-state index in [4.69, 9.17) is 10.5 Å². The van der Waals surface area contributed by atoms with Crippen LogP contribution in [0.2, 0.25) is 0 Å². The van der Waals surface area contributed by atoms with E-state index in [1.54, 1.807) is 0 Å². The summed E-state index contributed by atoms with van der Waals surface area (Å²) in [6.07, 6.45) is 0. The number of nitrogens with two attached hydrogens (primary N) is 1. The lowest BCUT2D eigenvalue weighted by atomic mass is 10.0. The minimum absolute atomic E-state index is 0.0625. The first kappa shape index (κ1) is 15.2. The van der Waals surface area contributed by atoms with Crippen molar-refractivity contribution in [2.24, 2.45) is 5.73 Å². The molecule has 2 aromatic carbocycles.